The van der Waals surface area contributed by atoms with Crippen LogP contribution < -0.4 is 15.1 Å². The van der Waals surface area contributed by atoms with Gasteiger partial charge in [0.2, 0.25) is 0 Å². The van der Waals surface area contributed by atoms with Crippen LogP contribution in [-0.2, 0) is 0 Å². The number of hydrogen-bond acceptors (Lipinski definition) is 7. The molecule has 0 atom stereocenters. The first-order valence-corrected chi connectivity index (χ1v) is 6.71. The van der Waals surface area contributed by atoms with Gasteiger partial charge in [-0.2, -0.15) is 0 Å². The Hall–Kier alpha value is -1.50. The Morgan fingerprint density at radius 1 is 0.667 bits per heavy atom. The lowest BCUT2D eigenvalue weighted by atomic mass is 10.1. The Morgan fingerprint density at radius 2 is 1.17 bits per heavy atom. The van der Waals surface area contributed by atoms with Gasteiger partial charge < -0.3 is 15.1 Å². The molecule has 0 aliphatic carbocycles. The minimum absolute atomic E-state index is 0.650. The van der Waals surface area contributed by atoms with Gasteiger partial charge >= 0.3 is 0 Å². The van der Waals surface area contributed by atoms with Crippen LogP contribution in [0.2, 0.25) is 0 Å². The largest absolute Gasteiger partial charge is 0.338 e. The lowest BCUT2D eigenvalue weighted by molar-refractivity contribution is 0.551. The van der Waals surface area contributed by atoms with Crippen LogP contribution in [-0.4, -0.2) is 59.7 Å². The SMILES string of the molecule is C1CCN(c2nnc(N3CCNCC3)nn2)CC1. The normalized spacial score (nSPS) is 21.1. The molecule has 0 saturated carbocycles. The van der Waals surface area contributed by atoms with Crippen LogP contribution in [0.1, 0.15) is 19.3 Å². The van der Waals surface area contributed by atoms with Gasteiger partial charge in [0, 0.05) is 39.3 Å². The number of hydrogen-bond donors (Lipinski definition) is 1. The monoisotopic (exact) mass is 249 g/mol. The van der Waals surface area contributed by atoms with E-state index in [1.54, 1.807) is 0 Å². The standard InChI is InChI=1S/C11H19N7/c1-2-6-17(7-3-1)10-13-15-11(16-14-10)18-8-4-12-5-9-18/h12H,1-9H2. The Morgan fingerprint density at radius 3 is 1.72 bits per heavy atom. The number of piperidine rings is 1. The molecule has 7 heteroatoms. The molecule has 18 heavy (non-hydrogen) atoms. The maximum atomic E-state index is 4.22. The van der Waals surface area contributed by atoms with Crippen molar-refractivity contribution < 1.29 is 0 Å². The van der Waals surface area contributed by atoms with Crippen LogP contribution in [0, 0.1) is 0 Å². The van der Waals surface area contributed by atoms with Crippen molar-refractivity contribution in [3.63, 3.8) is 0 Å². The van der Waals surface area contributed by atoms with Gasteiger partial charge in [-0.05, 0) is 19.3 Å². The molecule has 0 aromatic carbocycles. The van der Waals surface area contributed by atoms with E-state index in [4.69, 9.17) is 0 Å². The van der Waals surface area contributed by atoms with Crippen molar-refractivity contribution >= 4 is 11.9 Å². The summed E-state index contributed by atoms with van der Waals surface area (Å²) < 4.78 is 0. The highest BCUT2D eigenvalue weighted by Gasteiger charge is 2.17. The lowest BCUT2D eigenvalue weighted by Crippen LogP contribution is -2.44. The van der Waals surface area contributed by atoms with Gasteiger partial charge in [0.05, 0.1) is 0 Å². The van der Waals surface area contributed by atoms with E-state index in [0.29, 0.717) is 11.9 Å². The Labute approximate surface area is 107 Å². The molecule has 0 amide bonds. The number of aromatic nitrogens is 4. The average Bonchev–Trinajstić information content (AvgIpc) is 2.49. The van der Waals surface area contributed by atoms with Gasteiger partial charge in [-0.25, -0.2) is 0 Å². The zero-order valence-corrected chi connectivity index (χ0v) is 10.5. The summed E-state index contributed by atoms with van der Waals surface area (Å²) in [5, 5.41) is 20.2. The Bertz CT molecular complexity index is 330. The van der Waals surface area contributed by atoms with Gasteiger partial charge in [-0.15, -0.1) is 20.4 Å². The molecule has 2 saturated heterocycles. The summed E-state index contributed by atoms with van der Waals surface area (Å²) in [6.07, 6.45) is 3.72. The number of rotatable bonds is 2. The quantitative estimate of drug-likeness (QED) is 0.769. The van der Waals surface area contributed by atoms with Crippen molar-refractivity contribution in [1.29, 1.82) is 0 Å². The van der Waals surface area contributed by atoms with Crippen LogP contribution in [0.4, 0.5) is 11.9 Å². The summed E-state index contributed by atoms with van der Waals surface area (Å²) in [7, 11) is 0. The topological polar surface area (TPSA) is 70.1 Å². The third-order valence-electron chi connectivity index (χ3n) is 3.50. The second-order valence-electron chi connectivity index (χ2n) is 4.78. The first-order valence-electron chi connectivity index (χ1n) is 6.71. The number of piperazine rings is 1. The minimum Gasteiger partial charge on any atom is -0.338 e. The highest BCUT2D eigenvalue weighted by atomic mass is 15.5. The Kier molecular flexibility index (Phi) is 3.49. The van der Waals surface area contributed by atoms with Gasteiger partial charge in [0.15, 0.2) is 0 Å². The molecule has 1 N–H and O–H groups in total. The molecule has 2 fully saturated rings. The van der Waals surface area contributed by atoms with Crippen LogP contribution in [0.5, 0.6) is 0 Å². The molecule has 0 bridgehead atoms. The van der Waals surface area contributed by atoms with E-state index in [9.17, 15) is 0 Å². The summed E-state index contributed by atoms with van der Waals surface area (Å²) in [6.45, 7) is 5.83. The molecule has 2 aliphatic heterocycles. The van der Waals surface area contributed by atoms with E-state index in [1.807, 2.05) is 0 Å². The second-order valence-corrected chi connectivity index (χ2v) is 4.78. The van der Waals surface area contributed by atoms with Crippen molar-refractivity contribution in [2.24, 2.45) is 0 Å². The van der Waals surface area contributed by atoms with E-state index in [0.717, 1.165) is 39.3 Å². The van der Waals surface area contributed by atoms with Crippen LogP contribution in [0.25, 0.3) is 0 Å². The van der Waals surface area contributed by atoms with Gasteiger partial charge in [-0.1, -0.05) is 0 Å². The summed E-state index contributed by atoms with van der Waals surface area (Å²) in [4.78, 5) is 4.29. The molecular formula is C11H19N7. The molecule has 2 aliphatic rings. The van der Waals surface area contributed by atoms with E-state index in [2.05, 4.69) is 35.5 Å². The van der Waals surface area contributed by atoms with Crippen molar-refractivity contribution in [2.75, 3.05) is 49.1 Å². The minimum atomic E-state index is 0.650. The Balaban J connectivity index is 1.67. The fraction of sp³-hybridized carbons (Fsp3) is 0.818. The predicted octanol–water partition coefficient (Wildman–Crippen LogP) is -0.333. The first-order chi connectivity index (χ1) is 8.93. The smallest absolute Gasteiger partial charge is 0.264 e. The molecule has 98 valence electrons. The molecule has 7 nitrogen and oxygen atoms in total. The van der Waals surface area contributed by atoms with Gasteiger partial charge in [0.25, 0.3) is 11.9 Å². The summed E-state index contributed by atoms with van der Waals surface area (Å²) in [6, 6.07) is 0. The van der Waals surface area contributed by atoms with Crippen LogP contribution in [0.15, 0.2) is 0 Å². The van der Waals surface area contributed by atoms with E-state index >= 15 is 0 Å². The predicted molar refractivity (Wildman–Crippen MR) is 68.8 cm³/mol. The van der Waals surface area contributed by atoms with Crippen LogP contribution >= 0.6 is 0 Å². The molecule has 3 heterocycles. The molecule has 3 rings (SSSR count). The van der Waals surface area contributed by atoms with E-state index < -0.39 is 0 Å². The van der Waals surface area contributed by atoms with Crippen molar-refractivity contribution in [3.8, 4) is 0 Å². The summed E-state index contributed by atoms with van der Waals surface area (Å²) >= 11 is 0. The maximum absolute atomic E-state index is 4.22. The third kappa shape index (κ3) is 2.50. The van der Waals surface area contributed by atoms with E-state index in [-0.39, 0.29) is 0 Å². The van der Waals surface area contributed by atoms with Crippen molar-refractivity contribution in [2.45, 2.75) is 19.3 Å². The molecular weight excluding hydrogens is 230 g/mol. The molecule has 0 spiro atoms. The van der Waals surface area contributed by atoms with Gasteiger partial charge in [-0.3, -0.25) is 0 Å². The van der Waals surface area contributed by atoms with Gasteiger partial charge in [0.1, 0.15) is 0 Å². The number of nitrogens with one attached hydrogen (secondary N) is 1. The first kappa shape index (κ1) is 11.6. The molecule has 1 aromatic rings. The molecule has 0 unspecified atom stereocenters. The second kappa shape index (κ2) is 5.43. The zero-order valence-electron chi connectivity index (χ0n) is 10.5. The zero-order chi connectivity index (χ0) is 12.2. The molecule has 0 radical (unpaired) electrons. The summed E-state index contributed by atoms with van der Waals surface area (Å²) in [5.41, 5.74) is 0. The lowest BCUT2D eigenvalue weighted by Gasteiger charge is -2.28. The highest BCUT2D eigenvalue weighted by Crippen LogP contribution is 2.14. The third-order valence-corrected chi connectivity index (χ3v) is 3.50. The average molecular weight is 249 g/mol. The number of nitrogens with zero attached hydrogens (tertiary/aromatic N) is 6. The fourth-order valence-electron chi connectivity index (χ4n) is 2.43. The fourth-order valence-corrected chi connectivity index (χ4v) is 2.43. The van der Waals surface area contributed by atoms with Crippen molar-refractivity contribution in [3.05, 3.63) is 0 Å². The molecule has 1 aromatic heterocycles. The van der Waals surface area contributed by atoms with E-state index in [1.165, 1.54) is 19.3 Å². The maximum Gasteiger partial charge on any atom is 0.264 e. The van der Waals surface area contributed by atoms with Crippen molar-refractivity contribution in [1.82, 2.24) is 25.7 Å². The summed E-state index contributed by atoms with van der Waals surface area (Å²) in [5.74, 6) is 1.32. The van der Waals surface area contributed by atoms with Crippen LogP contribution in [0.3, 0.4) is 0 Å². The highest BCUT2D eigenvalue weighted by molar-refractivity contribution is 5.32. The number of anilines is 2.